The van der Waals surface area contributed by atoms with E-state index in [0.717, 1.165) is 18.9 Å². The predicted octanol–water partition coefficient (Wildman–Crippen LogP) is -0.459. The molecule has 1 fully saturated rings. The SMILES string of the molecule is c1n[nH]c(-c2nc(C3CNC3)no2)n1. The fraction of sp³-hybridized carbons (Fsp3) is 0.429. The molecule has 1 aliphatic heterocycles. The van der Waals surface area contributed by atoms with Gasteiger partial charge in [0.15, 0.2) is 5.82 Å². The Morgan fingerprint density at radius 1 is 1.43 bits per heavy atom. The summed E-state index contributed by atoms with van der Waals surface area (Å²) >= 11 is 0. The maximum Gasteiger partial charge on any atom is 0.295 e. The summed E-state index contributed by atoms with van der Waals surface area (Å²) in [6, 6.07) is 0. The second-order valence-corrected chi connectivity index (χ2v) is 3.15. The van der Waals surface area contributed by atoms with Gasteiger partial charge in [-0.3, -0.25) is 5.10 Å². The molecular weight excluding hydrogens is 184 g/mol. The number of hydrogen-bond donors (Lipinski definition) is 2. The zero-order valence-corrected chi connectivity index (χ0v) is 7.27. The minimum absolute atomic E-state index is 0.371. The lowest BCUT2D eigenvalue weighted by molar-refractivity contribution is 0.381. The molecule has 72 valence electrons. The molecule has 0 aliphatic carbocycles. The first kappa shape index (κ1) is 7.63. The van der Waals surface area contributed by atoms with Gasteiger partial charge in [-0.05, 0) is 0 Å². The van der Waals surface area contributed by atoms with Crippen LogP contribution in [0.15, 0.2) is 10.9 Å². The van der Waals surface area contributed by atoms with Crippen LogP contribution in [-0.2, 0) is 0 Å². The third kappa shape index (κ3) is 1.10. The number of nitrogens with one attached hydrogen (secondary N) is 2. The summed E-state index contributed by atoms with van der Waals surface area (Å²) in [5, 5.41) is 13.4. The van der Waals surface area contributed by atoms with Crippen LogP contribution < -0.4 is 5.32 Å². The molecule has 2 aromatic heterocycles. The molecular formula is C7H8N6O. The zero-order valence-electron chi connectivity index (χ0n) is 7.27. The Kier molecular flexibility index (Phi) is 1.57. The standard InChI is InChI=1S/C7H8N6O/c1-4(2-8-1)5-11-7(14-13-5)6-9-3-10-12-6/h3-4,8H,1-2H2,(H,9,10,12). The monoisotopic (exact) mass is 192 g/mol. The minimum atomic E-state index is 0.371. The molecule has 7 heteroatoms. The molecule has 0 amide bonds. The highest BCUT2D eigenvalue weighted by Crippen LogP contribution is 2.19. The van der Waals surface area contributed by atoms with Crippen molar-refractivity contribution in [1.82, 2.24) is 30.6 Å². The van der Waals surface area contributed by atoms with Gasteiger partial charge < -0.3 is 9.84 Å². The number of aromatic nitrogens is 5. The summed E-state index contributed by atoms with van der Waals surface area (Å²) in [4.78, 5) is 8.15. The lowest BCUT2D eigenvalue weighted by Gasteiger charge is -2.23. The Bertz CT molecular complexity index is 417. The van der Waals surface area contributed by atoms with Gasteiger partial charge >= 0.3 is 0 Å². The average molecular weight is 192 g/mol. The van der Waals surface area contributed by atoms with E-state index < -0.39 is 0 Å². The van der Waals surface area contributed by atoms with E-state index in [2.05, 4.69) is 30.6 Å². The van der Waals surface area contributed by atoms with Crippen LogP contribution in [0.25, 0.3) is 11.7 Å². The summed E-state index contributed by atoms with van der Waals surface area (Å²) in [6.07, 6.45) is 1.41. The Labute approximate surface area is 78.9 Å². The fourth-order valence-electron chi connectivity index (χ4n) is 1.28. The van der Waals surface area contributed by atoms with Gasteiger partial charge in [0.05, 0.1) is 0 Å². The molecule has 2 N–H and O–H groups in total. The van der Waals surface area contributed by atoms with Crippen molar-refractivity contribution in [3.63, 3.8) is 0 Å². The number of nitrogens with zero attached hydrogens (tertiary/aromatic N) is 4. The van der Waals surface area contributed by atoms with E-state index in [9.17, 15) is 0 Å². The smallest absolute Gasteiger partial charge is 0.295 e. The van der Waals surface area contributed by atoms with Crippen LogP contribution in [0.2, 0.25) is 0 Å². The second-order valence-electron chi connectivity index (χ2n) is 3.15. The molecule has 3 heterocycles. The molecule has 3 rings (SSSR count). The van der Waals surface area contributed by atoms with E-state index in [1.807, 2.05) is 0 Å². The minimum Gasteiger partial charge on any atom is -0.330 e. The lowest BCUT2D eigenvalue weighted by Crippen LogP contribution is -2.40. The summed E-state index contributed by atoms with van der Waals surface area (Å²) in [5.74, 6) is 2.01. The van der Waals surface area contributed by atoms with Gasteiger partial charge in [0, 0.05) is 19.0 Å². The maximum atomic E-state index is 5.04. The molecule has 1 aliphatic rings. The first-order valence-corrected chi connectivity index (χ1v) is 4.33. The Morgan fingerprint density at radius 3 is 3.00 bits per heavy atom. The molecule has 14 heavy (non-hydrogen) atoms. The normalized spacial score (nSPS) is 16.9. The van der Waals surface area contributed by atoms with E-state index >= 15 is 0 Å². The van der Waals surface area contributed by atoms with Crippen molar-refractivity contribution in [1.29, 1.82) is 0 Å². The Morgan fingerprint density at radius 2 is 2.36 bits per heavy atom. The highest BCUT2D eigenvalue weighted by Gasteiger charge is 2.24. The van der Waals surface area contributed by atoms with E-state index in [4.69, 9.17) is 4.52 Å². The van der Waals surface area contributed by atoms with Gasteiger partial charge in [0.25, 0.3) is 5.89 Å². The molecule has 2 aromatic rings. The largest absolute Gasteiger partial charge is 0.330 e. The fourth-order valence-corrected chi connectivity index (χ4v) is 1.28. The van der Waals surface area contributed by atoms with Gasteiger partial charge in [-0.15, -0.1) is 0 Å². The van der Waals surface area contributed by atoms with Crippen molar-refractivity contribution in [2.45, 2.75) is 5.92 Å². The molecule has 0 bridgehead atoms. The summed E-state index contributed by atoms with van der Waals surface area (Å²) < 4.78 is 5.04. The topological polar surface area (TPSA) is 92.5 Å². The number of hydrogen-bond acceptors (Lipinski definition) is 6. The van der Waals surface area contributed by atoms with Crippen LogP contribution in [0.3, 0.4) is 0 Å². The maximum absolute atomic E-state index is 5.04. The summed E-state index contributed by atoms with van der Waals surface area (Å²) in [5.41, 5.74) is 0. The van der Waals surface area contributed by atoms with Gasteiger partial charge in [-0.25, -0.2) is 4.98 Å². The van der Waals surface area contributed by atoms with Crippen molar-refractivity contribution >= 4 is 0 Å². The van der Waals surface area contributed by atoms with Crippen LogP contribution in [0, 0.1) is 0 Å². The number of rotatable bonds is 2. The van der Waals surface area contributed by atoms with Crippen LogP contribution in [0.5, 0.6) is 0 Å². The third-order valence-corrected chi connectivity index (χ3v) is 2.21. The first-order chi connectivity index (χ1) is 6.93. The quantitative estimate of drug-likeness (QED) is 0.669. The molecule has 0 radical (unpaired) electrons. The number of H-pyrrole nitrogens is 1. The Balaban J connectivity index is 1.90. The third-order valence-electron chi connectivity index (χ3n) is 2.21. The van der Waals surface area contributed by atoms with E-state index in [1.54, 1.807) is 0 Å². The van der Waals surface area contributed by atoms with Gasteiger partial charge in [-0.1, -0.05) is 5.16 Å². The highest BCUT2D eigenvalue weighted by atomic mass is 16.5. The molecule has 0 unspecified atom stereocenters. The van der Waals surface area contributed by atoms with E-state index in [1.165, 1.54) is 6.33 Å². The van der Waals surface area contributed by atoms with Crippen molar-refractivity contribution in [3.8, 4) is 11.7 Å². The van der Waals surface area contributed by atoms with Crippen LogP contribution in [-0.4, -0.2) is 38.4 Å². The van der Waals surface area contributed by atoms with Gasteiger partial charge in [-0.2, -0.15) is 10.1 Å². The van der Waals surface area contributed by atoms with Gasteiger partial charge in [0.1, 0.15) is 6.33 Å². The lowest BCUT2D eigenvalue weighted by atomic mass is 10.0. The van der Waals surface area contributed by atoms with Crippen LogP contribution >= 0.6 is 0 Å². The van der Waals surface area contributed by atoms with Crippen LogP contribution in [0.4, 0.5) is 0 Å². The zero-order chi connectivity index (χ0) is 9.38. The van der Waals surface area contributed by atoms with E-state index in [0.29, 0.717) is 17.6 Å². The number of aromatic amines is 1. The molecule has 0 spiro atoms. The summed E-state index contributed by atoms with van der Waals surface area (Å²) in [7, 11) is 0. The molecule has 0 atom stereocenters. The Hall–Kier alpha value is -1.76. The van der Waals surface area contributed by atoms with Crippen molar-refractivity contribution in [2.75, 3.05) is 13.1 Å². The van der Waals surface area contributed by atoms with Crippen molar-refractivity contribution in [3.05, 3.63) is 12.2 Å². The predicted molar refractivity (Wildman–Crippen MR) is 45.3 cm³/mol. The highest BCUT2D eigenvalue weighted by molar-refractivity contribution is 5.37. The molecule has 7 nitrogen and oxygen atoms in total. The van der Waals surface area contributed by atoms with E-state index in [-0.39, 0.29) is 0 Å². The first-order valence-electron chi connectivity index (χ1n) is 4.33. The average Bonchev–Trinajstić information content (AvgIpc) is 2.65. The van der Waals surface area contributed by atoms with Gasteiger partial charge in [0.2, 0.25) is 5.82 Å². The van der Waals surface area contributed by atoms with Crippen molar-refractivity contribution < 1.29 is 4.52 Å². The second kappa shape index (κ2) is 2.88. The van der Waals surface area contributed by atoms with Crippen molar-refractivity contribution in [2.24, 2.45) is 0 Å². The molecule has 1 saturated heterocycles. The van der Waals surface area contributed by atoms with Crippen LogP contribution in [0.1, 0.15) is 11.7 Å². The molecule has 0 aromatic carbocycles. The summed E-state index contributed by atoms with van der Waals surface area (Å²) in [6.45, 7) is 1.82. The molecule has 0 saturated carbocycles.